The van der Waals surface area contributed by atoms with Crippen molar-refractivity contribution in [1.82, 2.24) is 14.8 Å². The van der Waals surface area contributed by atoms with Gasteiger partial charge >= 0.3 is 0 Å². The summed E-state index contributed by atoms with van der Waals surface area (Å²) in [5, 5.41) is 4.02. The maximum atomic E-state index is 5.45. The van der Waals surface area contributed by atoms with Crippen molar-refractivity contribution < 1.29 is 4.74 Å². The Hall–Kier alpha value is -1.54. The van der Waals surface area contributed by atoms with E-state index in [9.17, 15) is 0 Å². The van der Waals surface area contributed by atoms with E-state index in [-0.39, 0.29) is 0 Å². The van der Waals surface area contributed by atoms with Gasteiger partial charge in [0.2, 0.25) is 0 Å². The third-order valence-corrected chi connectivity index (χ3v) is 2.34. The molecule has 0 spiro atoms. The molecule has 1 aromatic heterocycles. The Kier molecular flexibility index (Phi) is 6.84. The van der Waals surface area contributed by atoms with Crippen molar-refractivity contribution >= 4 is 5.88 Å². The molecule has 94 valence electrons. The van der Waals surface area contributed by atoms with E-state index in [2.05, 4.69) is 22.7 Å². The first-order valence-corrected chi connectivity index (χ1v) is 6.31. The number of ether oxygens (including phenoxy) is 1. The minimum Gasteiger partial charge on any atom is -0.472 e. The Morgan fingerprint density at radius 2 is 2.24 bits per heavy atom. The van der Waals surface area contributed by atoms with Crippen LogP contribution in [0.4, 0.5) is 0 Å². The molecule has 0 aromatic carbocycles. The molecule has 0 atom stereocenters. The fraction of sp³-hybridized carbons (Fsp3) is 0.615. The lowest BCUT2D eigenvalue weighted by Crippen LogP contribution is -2.00. The molecule has 0 N–H and O–H groups in total. The average Bonchev–Trinajstić information content (AvgIpc) is 2.86. The van der Waals surface area contributed by atoms with Gasteiger partial charge < -0.3 is 4.74 Å². The Morgan fingerprint density at radius 3 is 2.88 bits per heavy atom. The number of hydrogen-bond acceptors (Lipinski definition) is 3. The van der Waals surface area contributed by atoms with Crippen LogP contribution in [0.3, 0.4) is 0 Å². The number of rotatable bonds is 8. The molecule has 0 radical (unpaired) electrons. The molecule has 0 bridgehead atoms. The van der Waals surface area contributed by atoms with Gasteiger partial charge in [-0.25, -0.2) is 4.98 Å². The van der Waals surface area contributed by atoms with Crippen molar-refractivity contribution in [3.05, 3.63) is 24.5 Å². The molecule has 0 saturated heterocycles. The van der Waals surface area contributed by atoms with Crippen LogP contribution in [0.2, 0.25) is 0 Å². The summed E-state index contributed by atoms with van der Waals surface area (Å²) in [6.45, 7) is 4.76. The van der Waals surface area contributed by atoms with Gasteiger partial charge in [0.1, 0.15) is 12.7 Å². The van der Waals surface area contributed by atoms with Crippen molar-refractivity contribution in [2.45, 2.75) is 46.0 Å². The highest BCUT2D eigenvalue weighted by Crippen LogP contribution is 2.05. The van der Waals surface area contributed by atoms with Crippen LogP contribution in [0, 0.1) is 0 Å². The summed E-state index contributed by atoms with van der Waals surface area (Å²) in [5.41, 5.74) is 3.13. The van der Waals surface area contributed by atoms with Crippen LogP contribution < -0.4 is 0 Å². The van der Waals surface area contributed by atoms with Crippen LogP contribution in [-0.4, -0.2) is 21.4 Å². The van der Waals surface area contributed by atoms with E-state index in [1.165, 1.54) is 32.0 Å². The molecule has 0 aliphatic carbocycles. The normalized spacial score (nSPS) is 9.76. The molecule has 0 saturated carbocycles. The zero-order valence-corrected chi connectivity index (χ0v) is 10.7. The second-order valence-corrected chi connectivity index (χ2v) is 3.78. The fourth-order valence-electron chi connectivity index (χ4n) is 1.46. The minimum absolute atomic E-state index is 0.603. The molecule has 1 aromatic rings. The number of hydrogen-bond donors (Lipinski definition) is 0. The Labute approximate surface area is 103 Å². The van der Waals surface area contributed by atoms with E-state index in [1.54, 1.807) is 11.0 Å². The monoisotopic (exact) mass is 235 g/mol. The molecule has 0 fully saturated rings. The van der Waals surface area contributed by atoms with E-state index in [0.717, 1.165) is 6.42 Å². The van der Waals surface area contributed by atoms with Gasteiger partial charge in [0.05, 0.1) is 6.61 Å². The second-order valence-electron chi connectivity index (χ2n) is 3.78. The number of allylic oxidation sites excluding steroid dienone is 1. The lowest BCUT2D eigenvalue weighted by atomic mass is 10.1. The molecule has 0 aliphatic heterocycles. The van der Waals surface area contributed by atoms with Gasteiger partial charge in [-0.1, -0.05) is 31.9 Å². The number of nitrogens with zero attached hydrogens (tertiary/aromatic N) is 3. The molecule has 4 heteroatoms. The molecule has 4 nitrogen and oxygen atoms in total. The highest BCUT2D eigenvalue weighted by atomic mass is 16.5. The van der Waals surface area contributed by atoms with Crippen molar-refractivity contribution in [3.8, 4) is 0 Å². The predicted molar refractivity (Wildman–Crippen MR) is 68.2 cm³/mol. The topological polar surface area (TPSA) is 39.9 Å². The molecule has 0 amide bonds. The molecule has 17 heavy (non-hydrogen) atoms. The van der Waals surface area contributed by atoms with Crippen LogP contribution in [0.15, 0.2) is 24.5 Å². The summed E-state index contributed by atoms with van der Waals surface area (Å²) >= 11 is 0. The quantitative estimate of drug-likeness (QED) is 0.394. The summed E-state index contributed by atoms with van der Waals surface area (Å²) in [4.78, 5) is 3.89. The first-order chi connectivity index (χ1) is 8.38. The molecular weight excluding hydrogens is 214 g/mol. The van der Waals surface area contributed by atoms with Crippen LogP contribution in [0.25, 0.3) is 5.88 Å². The average molecular weight is 235 g/mol. The van der Waals surface area contributed by atoms with E-state index in [0.29, 0.717) is 12.5 Å². The zero-order chi connectivity index (χ0) is 12.3. The van der Waals surface area contributed by atoms with Gasteiger partial charge in [-0.3, -0.25) is 0 Å². The number of aromatic nitrogens is 3. The molecule has 0 unspecified atom stereocenters. The Bertz CT molecular complexity index is 351. The van der Waals surface area contributed by atoms with Crippen molar-refractivity contribution in [3.63, 3.8) is 0 Å². The first-order valence-electron chi connectivity index (χ1n) is 6.31. The maximum absolute atomic E-state index is 5.45. The van der Waals surface area contributed by atoms with Gasteiger partial charge in [-0.15, -0.1) is 0 Å². The van der Waals surface area contributed by atoms with Crippen molar-refractivity contribution in [2.75, 3.05) is 6.61 Å². The van der Waals surface area contributed by atoms with Gasteiger partial charge in [-0.05, 0) is 25.8 Å². The third kappa shape index (κ3) is 5.36. The van der Waals surface area contributed by atoms with Crippen molar-refractivity contribution in [2.24, 2.45) is 0 Å². The minimum atomic E-state index is 0.603. The summed E-state index contributed by atoms with van der Waals surface area (Å²) in [6, 6.07) is 0. The summed E-state index contributed by atoms with van der Waals surface area (Å²) in [5.74, 6) is 0.612. The van der Waals surface area contributed by atoms with Crippen LogP contribution in [0.5, 0.6) is 0 Å². The van der Waals surface area contributed by atoms with E-state index >= 15 is 0 Å². The lowest BCUT2D eigenvalue weighted by Gasteiger charge is -2.03. The fourth-order valence-corrected chi connectivity index (χ4v) is 1.46. The number of unbranched alkanes of at least 4 members (excludes halogenated alkanes) is 4. The zero-order valence-electron chi connectivity index (χ0n) is 10.7. The summed E-state index contributed by atoms with van der Waals surface area (Å²) in [6.07, 6.45) is 11.2. The summed E-state index contributed by atoms with van der Waals surface area (Å²) < 4.78 is 7.04. The Balaban J connectivity index is 2.49. The molecular formula is C13H21N3O. The van der Waals surface area contributed by atoms with E-state index in [1.807, 2.05) is 13.0 Å². The van der Waals surface area contributed by atoms with Crippen molar-refractivity contribution in [1.29, 1.82) is 0 Å². The molecule has 1 heterocycles. The highest BCUT2D eigenvalue weighted by Gasteiger charge is 1.98. The SMILES string of the molecule is CCCCCCC=C=C(OCC)n1cncn1. The predicted octanol–water partition coefficient (Wildman–Crippen LogP) is 3.24. The van der Waals surface area contributed by atoms with Crippen LogP contribution in [-0.2, 0) is 4.74 Å². The third-order valence-electron chi connectivity index (χ3n) is 2.34. The largest absolute Gasteiger partial charge is 0.472 e. The highest BCUT2D eigenvalue weighted by molar-refractivity contribution is 5.32. The van der Waals surface area contributed by atoms with Gasteiger partial charge in [-0.2, -0.15) is 9.78 Å². The smallest absolute Gasteiger partial charge is 0.262 e. The van der Waals surface area contributed by atoms with Crippen LogP contribution in [0.1, 0.15) is 46.0 Å². The van der Waals surface area contributed by atoms with Gasteiger partial charge in [0.25, 0.3) is 5.88 Å². The molecule has 0 aliphatic rings. The van der Waals surface area contributed by atoms with Gasteiger partial charge in [0, 0.05) is 0 Å². The summed E-state index contributed by atoms with van der Waals surface area (Å²) in [7, 11) is 0. The molecule has 1 rings (SSSR count). The lowest BCUT2D eigenvalue weighted by molar-refractivity contribution is 0.272. The van der Waals surface area contributed by atoms with E-state index in [4.69, 9.17) is 4.74 Å². The maximum Gasteiger partial charge on any atom is 0.262 e. The Morgan fingerprint density at radius 1 is 1.35 bits per heavy atom. The second kappa shape index (κ2) is 8.59. The van der Waals surface area contributed by atoms with Gasteiger partial charge in [0.15, 0.2) is 0 Å². The standard InChI is InChI=1S/C13H21N3O/c1-3-5-6-7-8-9-10-13(17-4-2)16-12-14-11-15-16/h9,11-12H,3-8H2,1-2H3. The van der Waals surface area contributed by atoms with E-state index < -0.39 is 0 Å². The first kappa shape index (κ1) is 13.5. The van der Waals surface area contributed by atoms with Crippen LogP contribution >= 0.6 is 0 Å².